The lowest BCUT2D eigenvalue weighted by atomic mass is 10.1. The Labute approximate surface area is 242 Å². The molecule has 40 heavy (non-hydrogen) atoms. The van der Waals surface area contributed by atoms with Crippen LogP contribution in [0.1, 0.15) is 32.4 Å². The van der Waals surface area contributed by atoms with E-state index < -0.39 is 10.0 Å². The van der Waals surface area contributed by atoms with E-state index in [0.29, 0.717) is 34.3 Å². The van der Waals surface area contributed by atoms with Crippen molar-refractivity contribution in [3.63, 3.8) is 0 Å². The number of aryl methyl sites for hydroxylation is 1. The summed E-state index contributed by atoms with van der Waals surface area (Å²) >= 11 is 7.54. The summed E-state index contributed by atoms with van der Waals surface area (Å²) in [6.07, 6.45) is 0. The van der Waals surface area contributed by atoms with Gasteiger partial charge in [0.15, 0.2) is 0 Å². The van der Waals surface area contributed by atoms with Gasteiger partial charge in [-0.25, -0.2) is 8.42 Å². The van der Waals surface area contributed by atoms with E-state index in [0.717, 1.165) is 16.7 Å². The zero-order valence-corrected chi connectivity index (χ0v) is 23.9. The van der Waals surface area contributed by atoms with Gasteiger partial charge in [0.2, 0.25) is 5.91 Å². The van der Waals surface area contributed by atoms with E-state index >= 15 is 0 Å². The Balaban J connectivity index is 1.22. The lowest BCUT2D eigenvalue weighted by Gasteiger charge is -2.24. The number of benzene rings is 4. The second kappa shape index (κ2) is 11.8. The van der Waals surface area contributed by atoms with E-state index in [2.05, 4.69) is 10.0 Å². The van der Waals surface area contributed by atoms with Crippen LogP contribution in [-0.4, -0.2) is 30.9 Å². The fourth-order valence-electron chi connectivity index (χ4n) is 4.24. The number of carbonyl (C=O) groups is 2. The van der Waals surface area contributed by atoms with Crippen molar-refractivity contribution in [2.75, 3.05) is 15.8 Å². The molecule has 5 rings (SSSR count). The third kappa shape index (κ3) is 6.50. The van der Waals surface area contributed by atoms with Crippen LogP contribution < -0.4 is 10.0 Å². The smallest absolute Gasteiger partial charge is 0.261 e. The van der Waals surface area contributed by atoms with Gasteiger partial charge >= 0.3 is 0 Å². The third-order valence-electron chi connectivity index (χ3n) is 6.42. The molecule has 0 bridgehead atoms. The van der Waals surface area contributed by atoms with Crippen molar-refractivity contribution >= 4 is 56.6 Å². The zero-order valence-electron chi connectivity index (χ0n) is 21.5. The van der Waals surface area contributed by atoms with Gasteiger partial charge in [0.25, 0.3) is 15.9 Å². The highest BCUT2D eigenvalue weighted by molar-refractivity contribution is 8.00. The van der Waals surface area contributed by atoms with Crippen LogP contribution in [0.2, 0.25) is 5.02 Å². The lowest BCUT2D eigenvalue weighted by Crippen LogP contribution is -2.27. The van der Waals surface area contributed by atoms with Gasteiger partial charge in [-0.05, 0) is 78.7 Å². The predicted molar refractivity (Wildman–Crippen MR) is 160 cm³/mol. The van der Waals surface area contributed by atoms with E-state index in [1.54, 1.807) is 48.2 Å². The van der Waals surface area contributed by atoms with Crippen molar-refractivity contribution in [1.29, 1.82) is 0 Å². The first-order valence-corrected chi connectivity index (χ1v) is 15.4. The van der Waals surface area contributed by atoms with Crippen LogP contribution >= 0.6 is 23.4 Å². The molecule has 1 atom stereocenters. The maximum Gasteiger partial charge on any atom is 0.261 e. The number of thioether (sulfide) groups is 1. The molecular weight excluding hydrogens is 566 g/mol. The number of nitrogens with zero attached hydrogens (tertiary/aromatic N) is 1. The van der Waals surface area contributed by atoms with E-state index in [1.165, 1.54) is 12.1 Å². The monoisotopic (exact) mass is 591 g/mol. The Morgan fingerprint density at radius 2 is 1.52 bits per heavy atom. The molecule has 0 saturated carbocycles. The summed E-state index contributed by atoms with van der Waals surface area (Å²) in [5, 5.41) is 3.30. The number of nitrogens with one attached hydrogen (secondary N) is 2. The average molecular weight is 592 g/mol. The van der Waals surface area contributed by atoms with Crippen LogP contribution in [-0.2, 0) is 21.4 Å². The summed E-state index contributed by atoms with van der Waals surface area (Å²) < 4.78 is 28.0. The number of sulfonamides is 1. The van der Waals surface area contributed by atoms with Gasteiger partial charge in [-0.1, -0.05) is 53.6 Å². The maximum atomic E-state index is 12.9. The first-order valence-electron chi connectivity index (χ1n) is 12.4. The van der Waals surface area contributed by atoms with E-state index in [-0.39, 0.29) is 22.1 Å². The van der Waals surface area contributed by atoms with Gasteiger partial charge in [-0.2, -0.15) is 0 Å². The lowest BCUT2D eigenvalue weighted by molar-refractivity contribution is -0.128. The fourth-order valence-corrected chi connectivity index (χ4v) is 6.62. The molecule has 1 aliphatic rings. The van der Waals surface area contributed by atoms with Gasteiger partial charge in [0.05, 0.1) is 10.6 Å². The summed E-state index contributed by atoms with van der Waals surface area (Å²) in [4.78, 5) is 27.3. The molecule has 2 N–H and O–H groups in total. The van der Waals surface area contributed by atoms with Gasteiger partial charge in [-0.15, -0.1) is 11.8 Å². The van der Waals surface area contributed by atoms with Gasteiger partial charge in [0, 0.05) is 28.5 Å². The minimum Gasteiger partial charge on any atom is -0.322 e. The largest absolute Gasteiger partial charge is 0.322 e. The standard InChI is InChI=1S/C30H26ClN3O4S2/c1-20-2-12-26(13-3-20)33-40(37,38)27-16-14-25(15-17-27)32-29(36)22-6-8-23(9-7-22)30-34(28(35)19-39-30)18-21-4-10-24(31)11-5-21/h2-17,30,33H,18-19H2,1H3,(H,32,36)/t30-/m1/s1. The average Bonchev–Trinajstić information content (AvgIpc) is 3.31. The summed E-state index contributed by atoms with van der Waals surface area (Å²) in [6, 6.07) is 27.6. The summed E-state index contributed by atoms with van der Waals surface area (Å²) in [5.41, 5.74) is 4.33. The van der Waals surface area contributed by atoms with E-state index in [9.17, 15) is 18.0 Å². The molecule has 204 valence electrons. The molecule has 4 aromatic carbocycles. The Morgan fingerprint density at radius 1 is 0.900 bits per heavy atom. The molecule has 0 spiro atoms. The quantitative estimate of drug-likeness (QED) is 0.245. The van der Waals surface area contributed by atoms with Crippen molar-refractivity contribution in [2.24, 2.45) is 0 Å². The van der Waals surface area contributed by atoms with Crippen molar-refractivity contribution in [2.45, 2.75) is 23.7 Å². The first-order chi connectivity index (χ1) is 19.2. The van der Waals surface area contributed by atoms with Crippen molar-refractivity contribution in [1.82, 2.24) is 4.90 Å². The molecule has 0 aromatic heterocycles. The highest BCUT2D eigenvalue weighted by Crippen LogP contribution is 2.39. The molecule has 10 heteroatoms. The Kier molecular flexibility index (Phi) is 8.16. The van der Waals surface area contributed by atoms with Crippen LogP contribution in [0.15, 0.2) is 102 Å². The first kappa shape index (κ1) is 27.8. The highest BCUT2D eigenvalue weighted by Gasteiger charge is 2.32. The van der Waals surface area contributed by atoms with Gasteiger partial charge < -0.3 is 10.2 Å². The van der Waals surface area contributed by atoms with E-state index in [4.69, 9.17) is 11.6 Å². The molecular formula is C30H26ClN3O4S2. The maximum absolute atomic E-state index is 12.9. The number of carbonyl (C=O) groups excluding carboxylic acids is 2. The third-order valence-corrected chi connectivity index (χ3v) is 9.32. The molecule has 1 heterocycles. The van der Waals surface area contributed by atoms with Crippen LogP contribution in [0.5, 0.6) is 0 Å². The molecule has 1 aliphatic heterocycles. The number of rotatable bonds is 8. The minimum absolute atomic E-state index is 0.0614. The molecule has 0 radical (unpaired) electrons. The highest BCUT2D eigenvalue weighted by atomic mass is 35.5. The minimum atomic E-state index is -3.77. The predicted octanol–water partition coefficient (Wildman–Crippen LogP) is 6.48. The number of hydrogen-bond acceptors (Lipinski definition) is 5. The van der Waals surface area contributed by atoms with Crippen LogP contribution in [0.4, 0.5) is 11.4 Å². The molecule has 2 amide bonds. The van der Waals surface area contributed by atoms with Crippen LogP contribution in [0, 0.1) is 6.92 Å². The second-order valence-electron chi connectivity index (χ2n) is 9.38. The number of anilines is 2. The number of hydrogen-bond donors (Lipinski definition) is 2. The van der Waals surface area contributed by atoms with Crippen molar-refractivity contribution in [3.05, 3.63) is 124 Å². The normalized spacial score (nSPS) is 15.2. The van der Waals surface area contributed by atoms with Gasteiger partial charge in [-0.3, -0.25) is 14.3 Å². The molecule has 0 unspecified atom stereocenters. The molecule has 7 nitrogen and oxygen atoms in total. The van der Waals surface area contributed by atoms with Crippen LogP contribution in [0.3, 0.4) is 0 Å². The molecule has 0 aliphatic carbocycles. The summed E-state index contributed by atoms with van der Waals surface area (Å²) in [6.45, 7) is 2.40. The topological polar surface area (TPSA) is 95.6 Å². The Hall–Kier alpha value is -3.79. The second-order valence-corrected chi connectivity index (χ2v) is 12.6. The van der Waals surface area contributed by atoms with Crippen molar-refractivity contribution in [3.8, 4) is 0 Å². The number of halogens is 1. The Morgan fingerprint density at radius 3 is 2.17 bits per heavy atom. The SMILES string of the molecule is Cc1ccc(NS(=O)(=O)c2ccc(NC(=O)c3ccc([C@H]4SCC(=O)N4Cc4ccc(Cl)cc4)cc3)cc2)cc1. The zero-order chi connectivity index (χ0) is 28.3. The fraction of sp³-hybridized carbons (Fsp3) is 0.133. The molecule has 1 fully saturated rings. The van der Waals surface area contributed by atoms with Gasteiger partial charge in [0.1, 0.15) is 5.37 Å². The molecule has 4 aromatic rings. The van der Waals surface area contributed by atoms with E-state index in [1.807, 2.05) is 60.4 Å². The molecule has 1 saturated heterocycles. The van der Waals surface area contributed by atoms with Crippen LogP contribution in [0.25, 0.3) is 0 Å². The summed E-state index contributed by atoms with van der Waals surface area (Å²) in [5.74, 6) is 0.131. The van der Waals surface area contributed by atoms with Crippen molar-refractivity contribution < 1.29 is 18.0 Å². The number of amides is 2. The Bertz CT molecular complexity index is 1620. The summed E-state index contributed by atoms with van der Waals surface area (Å²) in [7, 11) is -3.77.